The average Bonchev–Trinajstić information content (AvgIpc) is 2.53. The molecule has 0 radical (unpaired) electrons. The second-order valence-corrected chi connectivity index (χ2v) is 5.72. The molecule has 0 aliphatic heterocycles. The molecular formula is C16H10N2O3S. The minimum absolute atomic E-state index is 0.0512. The molecule has 0 heterocycles. The third-order valence-corrected chi connectivity index (χ3v) is 4.25. The molecular weight excluding hydrogens is 300 g/mol. The van der Waals surface area contributed by atoms with Crippen molar-refractivity contribution in [3.05, 3.63) is 64.6 Å². The highest BCUT2D eigenvalue weighted by atomic mass is 32.2. The summed E-state index contributed by atoms with van der Waals surface area (Å²) >= 11 is 1.14. The predicted octanol–water partition coefficient (Wildman–Crippen LogP) is 4.11. The first kappa shape index (κ1) is 14.2. The number of aromatic hydroxyl groups is 1. The van der Waals surface area contributed by atoms with Crippen molar-refractivity contribution in [2.24, 2.45) is 5.11 Å². The SMILES string of the molecule is N=Nc1ccc(SC2=CC(=O)c3cccc(O)c3C2=O)cc1. The first-order valence-corrected chi connectivity index (χ1v) is 7.20. The summed E-state index contributed by atoms with van der Waals surface area (Å²) in [7, 11) is 0. The minimum Gasteiger partial charge on any atom is -0.507 e. The molecule has 1 aliphatic rings. The summed E-state index contributed by atoms with van der Waals surface area (Å²) in [6.45, 7) is 0. The van der Waals surface area contributed by atoms with Gasteiger partial charge in [0.25, 0.3) is 0 Å². The van der Waals surface area contributed by atoms with E-state index < -0.39 is 0 Å². The molecule has 1 aliphatic carbocycles. The first-order chi connectivity index (χ1) is 10.6. The normalized spacial score (nSPS) is 13.5. The summed E-state index contributed by atoms with van der Waals surface area (Å²) in [4.78, 5) is 25.6. The van der Waals surface area contributed by atoms with E-state index in [1.54, 1.807) is 24.3 Å². The highest BCUT2D eigenvalue weighted by Gasteiger charge is 2.28. The Morgan fingerprint density at radius 2 is 1.77 bits per heavy atom. The van der Waals surface area contributed by atoms with Gasteiger partial charge in [-0.2, -0.15) is 5.11 Å². The smallest absolute Gasteiger partial charge is 0.204 e. The van der Waals surface area contributed by atoms with Crippen molar-refractivity contribution in [2.45, 2.75) is 4.90 Å². The lowest BCUT2D eigenvalue weighted by Crippen LogP contribution is -2.15. The van der Waals surface area contributed by atoms with Gasteiger partial charge in [-0.25, -0.2) is 5.53 Å². The van der Waals surface area contributed by atoms with E-state index in [4.69, 9.17) is 5.53 Å². The summed E-state index contributed by atoms with van der Waals surface area (Å²) in [5.74, 6) is -0.858. The zero-order valence-electron chi connectivity index (χ0n) is 11.2. The van der Waals surface area contributed by atoms with Crippen LogP contribution in [0.4, 0.5) is 5.69 Å². The number of rotatable bonds is 3. The summed E-state index contributed by atoms with van der Waals surface area (Å²) in [5, 5.41) is 13.2. The van der Waals surface area contributed by atoms with E-state index in [9.17, 15) is 14.7 Å². The van der Waals surface area contributed by atoms with Crippen molar-refractivity contribution < 1.29 is 14.7 Å². The topological polar surface area (TPSA) is 90.6 Å². The van der Waals surface area contributed by atoms with Gasteiger partial charge in [0, 0.05) is 16.5 Å². The molecule has 0 fully saturated rings. The largest absolute Gasteiger partial charge is 0.507 e. The van der Waals surface area contributed by atoms with Gasteiger partial charge >= 0.3 is 0 Å². The van der Waals surface area contributed by atoms with Crippen LogP contribution in [0.2, 0.25) is 0 Å². The van der Waals surface area contributed by atoms with E-state index in [0.717, 1.165) is 16.7 Å². The first-order valence-electron chi connectivity index (χ1n) is 6.38. The predicted molar refractivity (Wildman–Crippen MR) is 82.0 cm³/mol. The number of nitrogens with zero attached hydrogens (tertiary/aromatic N) is 1. The Bertz CT molecular complexity index is 826. The van der Waals surface area contributed by atoms with Gasteiger partial charge in [-0.1, -0.05) is 23.9 Å². The highest BCUT2D eigenvalue weighted by Crippen LogP contribution is 2.36. The number of nitrogens with one attached hydrogen (secondary N) is 1. The molecule has 22 heavy (non-hydrogen) atoms. The molecule has 0 saturated carbocycles. The number of fused-ring (bicyclic) bond motifs is 1. The summed E-state index contributed by atoms with van der Waals surface area (Å²) < 4.78 is 0. The zero-order valence-corrected chi connectivity index (χ0v) is 12.1. The number of hydrogen-bond acceptors (Lipinski definition) is 6. The van der Waals surface area contributed by atoms with Crippen LogP contribution < -0.4 is 0 Å². The number of allylic oxidation sites excluding steroid dienone is 2. The Morgan fingerprint density at radius 3 is 2.45 bits per heavy atom. The van der Waals surface area contributed by atoms with Gasteiger partial charge in [-0.05, 0) is 30.3 Å². The molecule has 0 atom stereocenters. The molecule has 3 rings (SSSR count). The van der Waals surface area contributed by atoms with Gasteiger partial charge in [0.15, 0.2) is 5.78 Å². The Balaban J connectivity index is 1.95. The van der Waals surface area contributed by atoms with Crippen molar-refractivity contribution in [3.8, 4) is 5.75 Å². The van der Waals surface area contributed by atoms with E-state index in [2.05, 4.69) is 5.11 Å². The van der Waals surface area contributed by atoms with Crippen LogP contribution >= 0.6 is 11.8 Å². The molecule has 2 aromatic rings. The molecule has 2 aromatic carbocycles. The van der Waals surface area contributed by atoms with Gasteiger partial charge in [-0.3, -0.25) is 9.59 Å². The fraction of sp³-hybridized carbons (Fsp3) is 0. The van der Waals surface area contributed by atoms with E-state index in [1.807, 2.05) is 0 Å². The van der Waals surface area contributed by atoms with E-state index >= 15 is 0 Å². The van der Waals surface area contributed by atoms with Crippen LogP contribution in [0, 0.1) is 5.53 Å². The van der Waals surface area contributed by atoms with Crippen LogP contribution in [0.5, 0.6) is 5.75 Å². The van der Waals surface area contributed by atoms with E-state index in [0.29, 0.717) is 5.69 Å². The fourth-order valence-corrected chi connectivity index (χ4v) is 3.05. The molecule has 0 saturated heterocycles. The highest BCUT2D eigenvalue weighted by molar-refractivity contribution is 8.04. The number of phenolic OH excluding ortho intramolecular Hbond substituents is 1. The van der Waals surface area contributed by atoms with Crippen molar-refractivity contribution in [1.29, 1.82) is 5.53 Å². The van der Waals surface area contributed by atoms with Crippen LogP contribution in [0.25, 0.3) is 0 Å². The lowest BCUT2D eigenvalue weighted by molar-refractivity contribution is 0.0989. The molecule has 0 unspecified atom stereocenters. The third-order valence-electron chi connectivity index (χ3n) is 3.21. The number of Topliss-reactive ketones (excluding diaryl/α,β-unsaturated/α-hetero) is 1. The monoisotopic (exact) mass is 310 g/mol. The molecule has 108 valence electrons. The number of thioether (sulfide) groups is 1. The van der Waals surface area contributed by atoms with Crippen LogP contribution in [-0.4, -0.2) is 16.7 Å². The maximum absolute atomic E-state index is 12.5. The fourth-order valence-electron chi connectivity index (χ4n) is 2.16. The number of carbonyl (C=O) groups excluding carboxylic acids is 2. The van der Waals surface area contributed by atoms with Gasteiger partial charge in [-0.15, -0.1) is 0 Å². The second kappa shape index (κ2) is 5.57. The summed E-state index contributed by atoms with van der Waals surface area (Å²) in [6.07, 6.45) is 1.29. The van der Waals surface area contributed by atoms with Crippen LogP contribution in [-0.2, 0) is 0 Å². The zero-order chi connectivity index (χ0) is 15.7. The number of ketones is 2. The van der Waals surface area contributed by atoms with Crippen molar-refractivity contribution in [3.63, 3.8) is 0 Å². The van der Waals surface area contributed by atoms with Crippen LogP contribution in [0.3, 0.4) is 0 Å². The summed E-state index contributed by atoms with van der Waals surface area (Å²) in [5.41, 5.74) is 7.69. The number of hydrogen-bond donors (Lipinski definition) is 2. The van der Waals surface area contributed by atoms with Gasteiger partial charge in [0.05, 0.1) is 16.2 Å². The van der Waals surface area contributed by atoms with Gasteiger partial charge in [0.1, 0.15) is 5.75 Å². The molecule has 0 bridgehead atoms. The molecule has 0 aromatic heterocycles. The number of phenols is 1. The van der Waals surface area contributed by atoms with Crippen LogP contribution in [0.1, 0.15) is 20.7 Å². The van der Waals surface area contributed by atoms with Crippen molar-refractivity contribution in [1.82, 2.24) is 0 Å². The van der Waals surface area contributed by atoms with Gasteiger partial charge in [0.2, 0.25) is 5.78 Å². The van der Waals surface area contributed by atoms with Crippen molar-refractivity contribution >= 4 is 29.0 Å². The standard InChI is InChI=1S/C16H10N2O3S/c17-18-9-4-6-10(7-5-9)22-14-8-13(20)11-2-1-3-12(19)15(11)16(14)21/h1-8,17,19H. The Kier molecular flexibility index (Phi) is 3.60. The lowest BCUT2D eigenvalue weighted by atomic mass is 9.94. The maximum Gasteiger partial charge on any atom is 0.204 e. The Labute approximate surface area is 130 Å². The van der Waals surface area contributed by atoms with E-state index in [1.165, 1.54) is 24.3 Å². The Morgan fingerprint density at radius 1 is 1.05 bits per heavy atom. The van der Waals surface area contributed by atoms with Crippen LogP contribution in [0.15, 0.2) is 63.5 Å². The maximum atomic E-state index is 12.5. The quantitative estimate of drug-likeness (QED) is 0.835. The molecule has 0 amide bonds. The van der Waals surface area contributed by atoms with Crippen molar-refractivity contribution in [2.75, 3.05) is 0 Å². The summed E-state index contributed by atoms with van der Waals surface area (Å²) in [6, 6.07) is 11.2. The lowest BCUT2D eigenvalue weighted by Gasteiger charge is -2.15. The van der Waals surface area contributed by atoms with E-state index in [-0.39, 0.29) is 33.3 Å². The molecule has 6 heteroatoms. The number of benzene rings is 2. The van der Waals surface area contributed by atoms with Gasteiger partial charge < -0.3 is 5.11 Å². The molecule has 0 spiro atoms. The molecule has 2 N–H and O–H groups in total. The third kappa shape index (κ3) is 2.44. The number of carbonyl (C=O) groups is 2. The second-order valence-electron chi connectivity index (χ2n) is 4.61. The average molecular weight is 310 g/mol. The molecule has 5 nitrogen and oxygen atoms in total. The Hall–Kier alpha value is -2.73. The minimum atomic E-state index is -0.369.